The van der Waals surface area contributed by atoms with Crippen LogP contribution >= 0.6 is 0 Å². The minimum absolute atomic E-state index is 0.0651. The highest BCUT2D eigenvalue weighted by Crippen LogP contribution is 2.20. The van der Waals surface area contributed by atoms with Gasteiger partial charge in [-0.05, 0) is 47.0 Å². The molecule has 0 saturated carbocycles. The Morgan fingerprint density at radius 1 is 1.35 bits per heavy atom. The monoisotopic (exact) mass is 242 g/mol. The third-order valence-electron chi connectivity index (χ3n) is 4.20. The topological polar surface area (TPSA) is 32.8 Å². The third-order valence-corrected chi connectivity index (χ3v) is 4.20. The average molecular weight is 242 g/mol. The van der Waals surface area contributed by atoms with Gasteiger partial charge in [0.15, 0.2) is 0 Å². The second-order valence-corrected chi connectivity index (χ2v) is 5.25. The Morgan fingerprint density at radius 3 is 2.35 bits per heavy atom. The zero-order valence-corrected chi connectivity index (χ0v) is 11.8. The van der Waals surface area contributed by atoms with Crippen LogP contribution in [0.3, 0.4) is 0 Å². The molecule has 4 nitrogen and oxygen atoms in total. The second-order valence-electron chi connectivity index (χ2n) is 5.25. The van der Waals surface area contributed by atoms with Crippen molar-refractivity contribution in [2.45, 2.75) is 38.8 Å². The summed E-state index contributed by atoms with van der Waals surface area (Å²) in [7, 11) is 5.75. The maximum absolute atomic E-state index is 11.5. The fourth-order valence-corrected chi connectivity index (χ4v) is 2.47. The van der Waals surface area contributed by atoms with Crippen LogP contribution in [0.2, 0.25) is 0 Å². The van der Waals surface area contributed by atoms with E-state index in [1.807, 2.05) is 6.92 Å². The lowest BCUT2D eigenvalue weighted by Gasteiger charge is -2.39. The van der Waals surface area contributed by atoms with Crippen molar-refractivity contribution in [1.82, 2.24) is 9.80 Å². The highest BCUT2D eigenvalue weighted by atomic mass is 16.5. The van der Waals surface area contributed by atoms with Crippen LogP contribution < -0.4 is 0 Å². The van der Waals surface area contributed by atoms with Gasteiger partial charge < -0.3 is 9.64 Å². The van der Waals surface area contributed by atoms with Crippen LogP contribution in [0.1, 0.15) is 26.7 Å². The van der Waals surface area contributed by atoms with E-state index in [4.69, 9.17) is 4.74 Å². The van der Waals surface area contributed by atoms with Crippen molar-refractivity contribution in [1.29, 1.82) is 0 Å². The number of carbonyl (C=O) groups is 1. The van der Waals surface area contributed by atoms with E-state index >= 15 is 0 Å². The molecule has 2 atom stereocenters. The summed E-state index contributed by atoms with van der Waals surface area (Å²) in [5.41, 5.74) is 0. The van der Waals surface area contributed by atoms with Gasteiger partial charge in [0.1, 0.15) is 0 Å². The fraction of sp³-hybridized carbons (Fsp3) is 0.923. The van der Waals surface area contributed by atoms with Crippen LogP contribution in [0, 0.1) is 5.92 Å². The van der Waals surface area contributed by atoms with Crippen LogP contribution in [0.4, 0.5) is 0 Å². The van der Waals surface area contributed by atoms with Crippen molar-refractivity contribution >= 4 is 5.97 Å². The maximum Gasteiger partial charge on any atom is 0.309 e. The number of rotatable bonds is 4. The lowest BCUT2D eigenvalue weighted by Crippen LogP contribution is -2.48. The predicted octanol–water partition coefficient (Wildman–Crippen LogP) is 1.21. The van der Waals surface area contributed by atoms with E-state index in [0.717, 1.165) is 13.1 Å². The molecule has 17 heavy (non-hydrogen) atoms. The van der Waals surface area contributed by atoms with Gasteiger partial charge in [-0.15, -0.1) is 0 Å². The first-order valence-corrected chi connectivity index (χ1v) is 6.45. The molecule has 0 spiro atoms. The molecule has 0 bridgehead atoms. The summed E-state index contributed by atoms with van der Waals surface area (Å²) >= 11 is 0. The molecule has 0 aromatic heterocycles. The molecule has 2 unspecified atom stereocenters. The first kappa shape index (κ1) is 14.5. The normalized spacial score (nSPS) is 22.5. The van der Waals surface area contributed by atoms with Crippen molar-refractivity contribution in [2.75, 3.05) is 34.3 Å². The molecule has 0 aliphatic carbocycles. The summed E-state index contributed by atoms with van der Waals surface area (Å²) in [6.07, 6.45) is 2.37. The zero-order valence-electron chi connectivity index (χ0n) is 11.8. The number of carbonyl (C=O) groups excluding carboxylic acids is 1. The van der Waals surface area contributed by atoms with E-state index in [0.29, 0.717) is 6.04 Å². The highest BCUT2D eigenvalue weighted by Gasteiger charge is 2.29. The Morgan fingerprint density at radius 2 is 1.88 bits per heavy atom. The van der Waals surface area contributed by atoms with Gasteiger partial charge in [0.05, 0.1) is 13.0 Å². The van der Waals surface area contributed by atoms with Crippen LogP contribution in [-0.2, 0) is 9.53 Å². The second kappa shape index (κ2) is 6.36. The minimum atomic E-state index is -0.114. The average Bonchev–Trinajstić information content (AvgIpc) is 2.36. The van der Waals surface area contributed by atoms with E-state index in [9.17, 15) is 4.79 Å². The van der Waals surface area contributed by atoms with E-state index in [2.05, 4.69) is 30.8 Å². The van der Waals surface area contributed by atoms with Crippen molar-refractivity contribution < 1.29 is 9.53 Å². The molecule has 100 valence electrons. The van der Waals surface area contributed by atoms with Gasteiger partial charge >= 0.3 is 5.97 Å². The van der Waals surface area contributed by atoms with Gasteiger partial charge in [-0.25, -0.2) is 0 Å². The number of ether oxygens (including phenoxy) is 1. The Labute approximate surface area is 105 Å². The molecular formula is C13H26N2O2. The van der Waals surface area contributed by atoms with Crippen LogP contribution in [0.25, 0.3) is 0 Å². The van der Waals surface area contributed by atoms with Gasteiger partial charge in [0, 0.05) is 12.1 Å². The maximum atomic E-state index is 11.5. The van der Waals surface area contributed by atoms with Crippen molar-refractivity contribution in [2.24, 2.45) is 5.92 Å². The lowest BCUT2D eigenvalue weighted by atomic mass is 9.97. The largest absolute Gasteiger partial charge is 0.469 e. The van der Waals surface area contributed by atoms with Gasteiger partial charge in [-0.1, -0.05) is 6.92 Å². The van der Waals surface area contributed by atoms with E-state index in [1.165, 1.54) is 20.0 Å². The molecule has 1 heterocycles. The molecule has 1 aliphatic heterocycles. The number of hydrogen-bond acceptors (Lipinski definition) is 4. The molecular weight excluding hydrogens is 216 g/mol. The first-order chi connectivity index (χ1) is 7.97. The molecule has 0 aromatic rings. The Kier molecular flexibility index (Phi) is 5.40. The molecule has 0 aromatic carbocycles. The summed E-state index contributed by atoms with van der Waals surface area (Å²) in [4.78, 5) is 16.2. The van der Waals surface area contributed by atoms with Crippen LogP contribution in [0.15, 0.2) is 0 Å². The Hall–Kier alpha value is -0.610. The standard InChI is InChI=1S/C13H26N2O2/c1-10(13(16)17-5)11(2)15(4)12-6-8-14(3)9-7-12/h10-12H,6-9H2,1-5H3. The minimum Gasteiger partial charge on any atom is -0.469 e. The Balaban J connectivity index is 2.51. The molecule has 0 radical (unpaired) electrons. The van der Waals surface area contributed by atoms with Crippen molar-refractivity contribution in [3.05, 3.63) is 0 Å². The summed E-state index contributed by atoms with van der Waals surface area (Å²) in [5, 5.41) is 0. The zero-order chi connectivity index (χ0) is 13.0. The van der Waals surface area contributed by atoms with Crippen LogP contribution in [-0.4, -0.2) is 62.1 Å². The summed E-state index contributed by atoms with van der Waals surface area (Å²) < 4.78 is 4.81. The SMILES string of the molecule is COC(=O)C(C)C(C)N(C)C1CCN(C)CC1. The Bertz CT molecular complexity index is 250. The van der Waals surface area contributed by atoms with Crippen molar-refractivity contribution in [3.8, 4) is 0 Å². The third kappa shape index (κ3) is 3.68. The molecule has 4 heteroatoms. The fourth-order valence-electron chi connectivity index (χ4n) is 2.47. The number of hydrogen-bond donors (Lipinski definition) is 0. The first-order valence-electron chi connectivity index (χ1n) is 6.45. The molecule has 1 rings (SSSR count). The van der Waals surface area contributed by atoms with Gasteiger partial charge in [-0.3, -0.25) is 9.69 Å². The number of methoxy groups -OCH3 is 1. The molecule has 1 saturated heterocycles. The molecule has 1 aliphatic rings. The van der Waals surface area contributed by atoms with Crippen LogP contribution in [0.5, 0.6) is 0 Å². The van der Waals surface area contributed by atoms with Gasteiger partial charge in [0.2, 0.25) is 0 Å². The number of likely N-dealkylation sites (tertiary alicyclic amines) is 1. The van der Waals surface area contributed by atoms with E-state index in [1.54, 1.807) is 0 Å². The molecule has 0 amide bonds. The van der Waals surface area contributed by atoms with Gasteiger partial charge in [-0.2, -0.15) is 0 Å². The molecule has 0 N–H and O–H groups in total. The number of esters is 1. The summed E-state index contributed by atoms with van der Waals surface area (Å²) in [6.45, 7) is 6.35. The lowest BCUT2D eigenvalue weighted by molar-refractivity contribution is -0.147. The summed E-state index contributed by atoms with van der Waals surface area (Å²) in [5.74, 6) is -0.179. The van der Waals surface area contributed by atoms with Crippen molar-refractivity contribution in [3.63, 3.8) is 0 Å². The number of nitrogens with zero attached hydrogens (tertiary/aromatic N) is 2. The van der Waals surface area contributed by atoms with Gasteiger partial charge in [0.25, 0.3) is 0 Å². The van der Waals surface area contributed by atoms with E-state index < -0.39 is 0 Å². The number of piperidine rings is 1. The quantitative estimate of drug-likeness (QED) is 0.694. The highest BCUT2D eigenvalue weighted by molar-refractivity contribution is 5.72. The molecule has 1 fully saturated rings. The van der Waals surface area contributed by atoms with E-state index in [-0.39, 0.29) is 17.9 Å². The summed E-state index contributed by atoms with van der Waals surface area (Å²) in [6, 6.07) is 0.823. The predicted molar refractivity (Wildman–Crippen MR) is 68.9 cm³/mol. The smallest absolute Gasteiger partial charge is 0.309 e.